The van der Waals surface area contributed by atoms with Gasteiger partial charge in [0.15, 0.2) is 11.6 Å². The van der Waals surface area contributed by atoms with Crippen LogP contribution in [0.3, 0.4) is 0 Å². The lowest BCUT2D eigenvalue weighted by Gasteiger charge is -2.20. The minimum Gasteiger partial charge on any atom is -0.492 e. The Morgan fingerprint density at radius 1 is 1.26 bits per heavy atom. The van der Waals surface area contributed by atoms with Crippen molar-refractivity contribution in [1.29, 1.82) is 5.26 Å². The van der Waals surface area contributed by atoms with Gasteiger partial charge in [-0.05, 0) is 24.0 Å². The molecule has 120 valence electrons. The van der Waals surface area contributed by atoms with E-state index in [1.54, 1.807) is 6.92 Å². The number of anilines is 1. The zero-order valence-electron chi connectivity index (χ0n) is 13.9. The normalized spacial score (nSPS) is 10.5. The standard InChI is InChI=1S/C19H21FN2O/c1-12(2)11-22-18-15(10-21)13(3)16(17(20)19(18)23-4)14-8-6-5-7-9-14/h5-9,12,22H,11H2,1-4H3. The van der Waals surface area contributed by atoms with Crippen LogP contribution in [0.5, 0.6) is 5.75 Å². The van der Waals surface area contributed by atoms with Gasteiger partial charge in [-0.3, -0.25) is 0 Å². The molecule has 0 saturated carbocycles. The fourth-order valence-electron chi connectivity index (χ4n) is 2.57. The van der Waals surface area contributed by atoms with Crippen LogP contribution in [0.15, 0.2) is 30.3 Å². The maximum Gasteiger partial charge on any atom is 0.179 e. The first kappa shape index (κ1) is 16.8. The average molecular weight is 312 g/mol. The molecule has 2 aromatic rings. The lowest BCUT2D eigenvalue weighted by Crippen LogP contribution is -2.12. The zero-order valence-corrected chi connectivity index (χ0v) is 13.9. The average Bonchev–Trinajstić information content (AvgIpc) is 2.54. The van der Waals surface area contributed by atoms with E-state index >= 15 is 4.39 Å². The van der Waals surface area contributed by atoms with Gasteiger partial charge in [0.05, 0.1) is 18.4 Å². The van der Waals surface area contributed by atoms with E-state index in [0.29, 0.717) is 34.8 Å². The van der Waals surface area contributed by atoms with Crippen LogP contribution in [-0.4, -0.2) is 13.7 Å². The molecule has 0 saturated heterocycles. The molecule has 3 nitrogen and oxygen atoms in total. The predicted molar refractivity (Wildman–Crippen MR) is 91.2 cm³/mol. The van der Waals surface area contributed by atoms with Crippen molar-refractivity contribution in [1.82, 2.24) is 0 Å². The van der Waals surface area contributed by atoms with Crippen LogP contribution < -0.4 is 10.1 Å². The number of hydrogen-bond acceptors (Lipinski definition) is 3. The summed E-state index contributed by atoms with van der Waals surface area (Å²) in [5, 5.41) is 12.7. The predicted octanol–water partition coefficient (Wildman–Crippen LogP) is 4.75. The number of nitrogens with zero attached hydrogens (tertiary/aromatic N) is 1. The van der Waals surface area contributed by atoms with Gasteiger partial charge in [-0.15, -0.1) is 0 Å². The maximum absolute atomic E-state index is 15.0. The number of halogens is 1. The third-order valence-corrected chi connectivity index (χ3v) is 3.71. The Hall–Kier alpha value is -2.54. The first-order valence-electron chi connectivity index (χ1n) is 7.60. The highest BCUT2D eigenvalue weighted by molar-refractivity contribution is 5.81. The third-order valence-electron chi connectivity index (χ3n) is 3.71. The lowest BCUT2D eigenvalue weighted by molar-refractivity contribution is 0.388. The molecule has 4 heteroatoms. The van der Waals surface area contributed by atoms with Crippen molar-refractivity contribution in [2.45, 2.75) is 20.8 Å². The summed E-state index contributed by atoms with van der Waals surface area (Å²) in [4.78, 5) is 0. The van der Waals surface area contributed by atoms with E-state index in [2.05, 4.69) is 11.4 Å². The fraction of sp³-hybridized carbons (Fsp3) is 0.316. The van der Waals surface area contributed by atoms with Crippen molar-refractivity contribution in [3.8, 4) is 22.9 Å². The first-order valence-corrected chi connectivity index (χ1v) is 7.60. The quantitative estimate of drug-likeness (QED) is 0.866. The van der Waals surface area contributed by atoms with Crippen LogP contribution >= 0.6 is 0 Å². The van der Waals surface area contributed by atoms with Crippen molar-refractivity contribution in [2.24, 2.45) is 5.92 Å². The van der Waals surface area contributed by atoms with E-state index in [4.69, 9.17) is 4.74 Å². The Bertz CT molecular complexity index is 734. The van der Waals surface area contributed by atoms with E-state index in [1.807, 2.05) is 44.2 Å². The maximum atomic E-state index is 15.0. The van der Waals surface area contributed by atoms with E-state index in [-0.39, 0.29) is 5.75 Å². The minimum absolute atomic E-state index is 0.0895. The van der Waals surface area contributed by atoms with Crippen LogP contribution in [0.25, 0.3) is 11.1 Å². The van der Waals surface area contributed by atoms with Gasteiger partial charge >= 0.3 is 0 Å². The van der Waals surface area contributed by atoms with E-state index in [1.165, 1.54) is 7.11 Å². The van der Waals surface area contributed by atoms with Crippen LogP contribution in [0.4, 0.5) is 10.1 Å². The Morgan fingerprint density at radius 3 is 2.43 bits per heavy atom. The summed E-state index contributed by atoms with van der Waals surface area (Å²) in [6.07, 6.45) is 0. The highest BCUT2D eigenvalue weighted by Crippen LogP contribution is 2.41. The Balaban J connectivity index is 2.71. The number of hydrogen-bond donors (Lipinski definition) is 1. The summed E-state index contributed by atoms with van der Waals surface area (Å²) >= 11 is 0. The first-order chi connectivity index (χ1) is 11.0. The molecular weight excluding hydrogens is 291 g/mol. The smallest absolute Gasteiger partial charge is 0.179 e. The fourth-order valence-corrected chi connectivity index (χ4v) is 2.57. The largest absolute Gasteiger partial charge is 0.492 e. The molecule has 0 aromatic heterocycles. The van der Waals surface area contributed by atoms with Gasteiger partial charge in [0.25, 0.3) is 0 Å². The number of nitrogens with one attached hydrogen (secondary N) is 1. The van der Waals surface area contributed by atoms with Crippen molar-refractivity contribution < 1.29 is 9.13 Å². The SMILES string of the molecule is COc1c(F)c(-c2ccccc2)c(C)c(C#N)c1NCC(C)C. The monoisotopic (exact) mass is 312 g/mol. The molecule has 0 atom stereocenters. The van der Waals surface area contributed by atoms with Crippen LogP contribution in [-0.2, 0) is 0 Å². The second-order valence-electron chi connectivity index (χ2n) is 5.85. The summed E-state index contributed by atoms with van der Waals surface area (Å²) in [7, 11) is 1.42. The number of nitriles is 1. The molecular formula is C19H21FN2O. The molecule has 0 amide bonds. The zero-order chi connectivity index (χ0) is 17.0. The second-order valence-corrected chi connectivity index (χ2v) is 5.85. The molecule has 2 rings (SSSR count). The van der Waals surface area contributed by atoms with Gasteiger partial charge in [-0.25, -0.2) is 4.39 Å². The van der Waals surface area contributed by atoms with Crippen molar-refractivity contribution in [3.63, 3.8) is 0 Å². The van der Waals surface area contributed by atoms with Crippen molar-refractivity contribution in [3.05, 3.63) is 47.3 Å². The number of benzene rings is 2. The van der Waals surface area contributed by atoms with Crippen LogP contribution in [0.2, 0.25) is 0 Å². The molecule has 0 heterocycles. The molecule has 0 unspecified atom stereocenters. The highest BCUT2D eigenvalue weighted by Gasteiger charge is 2.23. The van der Waals surface area contributed by atoms with Crippen molar-refractivity contribution in [2.75, 3.05) is 19.0 Å². The summed E-state index contributed by atoms with van der Waals surface area (Å²) < 4.78 is 20.3. The Labute approximate surface area is 136 Å². The topological polar surface area (TPSA) is 45.0 Å². The molecule has 2 aromatic carbocycles. The molecule has 0 radical (unpaired) electrons. The minimum atomic E-state index is -0.443. The van der Waals surface area contributed by atoms with E-state index < -0.39 is 5.82 Å². The van der Waals surface area contributed by atoms with Crippen molar-refractivity contribution >= 4 is 5.69 Å². The van der Waals surface area contributed by atoms with Gasteiger partial charge in [0, 0.05) is 12.1 Å². The summed E-state index contributed by atoms with van der Waals surface area (Å²) in [6, 6.07) is 11.4. The number of methoxy groups -OCH3 is 1. The molecule has 0 aliphatic heterocycles. The van der Waals surface area contributed by atoms with Gasteiger partial charge in [0.1, 0.15) is 6.07 Å². The molecule has 0 aliphatic carbocycles. The van der Waals surface area contributed by atoms with Crippen LogP contribution in [0, 0.1) is 30.0 Å². The molecule has 0 fully saturated rings. The molecule has 0 spiro atoms. The second kappa shape index (κ2) is 7.15. The summed E-state index contributed by atoms with van der Waals surface area (Å²) in [6.45, 7) is 6.50. The van der Waals surface area contributed by atoms with Gasteiger partial charge in [0.2, 0.25) is 0 Å². The third kappa shape index (κ3) is 3.29. The van der Waals surface area contributed by atoms with E-state index in [9.17, 15) is 5.26 Å². The molecule has 23 heavy (non-hydrogen) atoms. The molecule has 1 N–H and O–H groups in total. The Morgan fingerprint density at radius 2 is 1.91 bits per heavy atom. The van der Waals surface area contributed by atoms with Gasteiger partial charge in [-0.1, -0.05) is 44.2 Å². The Kier molecular flexibility index (Phi) is 5.23. The number of rotatable bonds is 5. The lowest BCUT2D eigenvalue weighted by atomic mass is 9.94. The van der Waals surface area contributed by atoms with Gasteiger partial charge in [-0.2, -0.15) is 5.26 Å². The molecule has 0 aliphatic rings. The summed E-state index contributed by atoms with van der Waals surface area (Å²) in [5.74, 6) is 0.0107. The highest BCUT2D eigenvalue weighted by atomic mass is 19.1. The summed E-state index contributed by atoms with van der Waals surface area (Å²) in [5.41, 5.74) is 2.60. The van der Waals surface area contributed by atoms with Gasteiger partial charge < -0.3 is 10.1 Å². The number of ether oxygens (including phenoxy) is 1. The van der Waals surface area contributed by atoms with E-state index in [0.717, 1.165) is 5.56 Å². The molecule has 0 bridgehead atoms. The van der Waals surface area contributed by atoms with Crippen LogP contribution in [0.1, 0.15) is 25.0 Å².